The topological polar surface area (TPSA) is 240 Å². The van der Waals surface area contributed by atoms with Crippen LogP contribution in [0.4, 0.5) is 11.4 Å². The number of nitrogens with one attached hydrogen (secondary N) is 4. The normalized spacial score (nSPS) is 13.1. The molecular formula is C52H42BBr3Cl2N6O10S4. The average molecular weight is 1360 g/mol. The number of halogens is 5. The molecule has 0 saturated heterocycles. The lowest BCUT2D eigenvalue weighted by molar-refractivity contribution is 0.0943. The molecule has 402 valence electrons. The summed E-state index contributed by atoms with van der Waals surface area (Å²) >= 11 is 21.7. The number of aromatic nitrogens is 2. The maximum atomic E-state index is 13.1. The lowest BCUT2D eigenvalue weighted by Crippen LogP contribution is -2.22. The molecule has 16 nitrogen and oxygen atoms in total. The minimum atomic E-state index is -3.94. The van der Waals surface area contributed by atoms with Gasteiger partial charge in [0, 0.05) is 44.4 Å². The lowest BCUT2D eigenvalue weighted by atomic mass is 10.1. The smallest absolute Gasteiger partial charge is 0.369 e. The van der Waals surface area contributed by atoms with Crippen LogP contribution in [0.1, 0.15) is 62.3 Å². The standard InChI is InChI=1S/C26H21N3O5S2.C25H19N3O5S2.CH2Cl2.BBr3/c1-15-11-17(7-9-21(15)34-2)26-28-14-18(35-26)13-27-24(30)16-8-10-23-20(12-16)29-25(31)19-5-3-4-6-22(19)36(23,32)33;1-14-10-16(6-8-20(14)29)25-27-13-17(34-25)12-26-23(30)15-7-9-22-19(11-15)28-24(31)18-4-2-3-5-21(18)35(22,32)33;2-1-3;2-1(3)4/h3-12,14H,13H2,1-2H3,(H,27,30)(H,29,31);2-11,13,29H,12H2,1H3,(H,26,30)(H,28,31);1H2;. The SMILES string of the molecule is BrB(Br)Br.COc1ccc(-c2ncc(CNC(=O)c3ccc4c(c3)NC(=O)c3ccccc3S4(=O)=O)s2)cc1C.Cc1cc(-c2ncc(CNC(=O)c3ccc4c(c3)NC(=O)c3ccccc3S4(=O)=O)s2)ccc1O.ClCCl. The Morgan fingerprint density at radius 1 is 0.628 bits per heavy atom. The van der Waals surface area contributed by atoms with E-state index in [9.17, 15) is 41.1 Å². The van der Waals surface area contributed by atoms with Crippen LogP contribution in [-0.2, 0) is 32.8 Å². The second-order valence-electron chi connectivity index (χ2n) is 16.5. The molecule has 26 heteroatoms. The number of sulfone groups is 2. The molecule has 4 amide bonds. The Labute approximate surface area is 492 Å². The molecule has 4 heterocycles. The van der Waals surface area contributed by atoms with Crippen molar-refractivity contribution >= 4 is 151 Å². The number of fused-ring (bicyclic) bond motifs is 4. The number of phenolic OH excluding ortho intramolecular Hbond substituents is 1. The van der Waals surface area contributed by atoms with Crippen LogP contribution in [0.15, 0.2) is 153 Å². The summed E-state index contributed by atoms with van der Waals surface area (Å²) in [5, 5.41) is 22.3. The molecule has 10 rings (SSSR count). The van der Waals surface area contributed by atoms with E-state index in [0.717, 1.165) is 47.8 Å². The number of anilines is 2. The number of nitrogens with zero attached hydrogens (tertiary/aromatic N) is 2. The molecule has 0 radical (unpaired) electrons. The molecule has 0 saturated carbocycles. The van der Waals surface area contributed by atoms with Gasteiger partial charge >= 0.3 is 3.18 Å². The first-order valence-corrected chi connectivity index (χ1v) is 31.1. The van der Waals surface area contributed by atoms with E-state index in [0.29, 0.717) is 0 Å². The minimum absolute atomic E-state index is 0.0551. The molecule has 2 aliphatic heterocycles. The van der Waals surface area contributed by atoms with E-state index >= 15 is 0 Å². The summed E-state index contributed by atoms with van der Waals surface area (Å²) in [5.74, 6) is -0.903. The molecule has 0 spiro atoms. The number of carbonyl (C=O) groups excluding carboxylic acids is 4. The number of amides is 4. The Bertz CT molecular complexity index is 3830. The molecule has 0 bridgehead atoms. The van der Waals surface area contributed by atoms with Crippen molar-refractivity contribution < 1.29 is 45.9 Å². The summed E-state index contributed by atoms with van der Waals surface area (Å²) in [7, 11) is -6.24. The summed E-state index contributed by atoms with van der Waals surface area (Å²) in [4.78, 5) is 61.1. The number of benzene rings is 6. The first kappa shape index (κ1) is 59.7. The highest BCUT2D eigenvalue weighted by Crippen LogP contribution is 2.37. The van der Waals surface area contributed by atoms with E-state index in [1.54, 1.807) is 62.8 Å². The number of rotatable bonds is 9. The zero-order valence-corrected chi connectivity index (χ0v) is 50.5. The first-order chi connectivity index (χ1) is 37.2. The molecule has 6 aromatic carbocycles. The summed E-state index contributed by atoms with van der Waals surface area (Å²) < 4.78 is 58.0. The number of phenols is 1. The number of aryl methyl sites for hydroxylation is 2. The van der Waals surface area contributed by atoms with Crippen LogP contribution in [0.25, 0.3) is 21.1 Å². The van der Waals surface area contributed by atoms with Gasteiger partial charge in [0.25, 0.3) is 23.6 Å². The third kappa shape index (κ3) is 14.1. The van der Waals surface area contributed by atoms with Gasteiger partial charge < -0.3 is 31.1 Å². The number of methoxy groups -OCH3 is 1. The number of hydrogen-bond acceptors (Lipinski definition) is 14. The highest BCUT2D eigenvalue weighted by atomic mass is 79.9. The van der Waals surface area contributed by atoms with Gasteiger partial charge in [-0.2, -0.15) is 0 Å². The molecule has 5 N–H and O–H groups in total. The Morgan fingerprint density at radius 2 is 1.04 bits per heavy atom. The second kappa shape index (κ2) is 26.3. The van der Waals surface area contributed by atoms with Gasteiger partial charge in [-0.3, -0.25) is 19.2 Å². The predicted molar refractivity (Wildman–Crippen MR) is 317 cm³/mol. The van der Waals surface area contributed by atoms with Crippen molar-refractivity contribution in [3.05, 3.63) is 177 Å². The fourth-order valence-corrected chi connectivity index (χ4v) is 12.7. The Hall–Kier alpha value is -5.96. The van der Waals surface area contributed by atoms with Gasteiger partial charge in [-0.25, -0.2) is 26.8 Å². The van der Waals surface area contributed by atoms with Crippen LogP contribution in [0.3, 0.4) is 0 Å². The summed E-state index contributed by atoms with van der Waals surface area (Å²) in [6.45, 7) is 4.24. The van der Waals surface area contributed by atoms with Crippen LogP contribution < -0.4 is 26.0 Å². The van der Waals surface area contributed by atoms with Gasteiger partial charge in [-0.15, -0.1) is 93.1 Å². The van der Waals surface area contributed by atoms with Crippen LogP contribution in [0.2, 0.25) is 0 Å². The third-order valence-electron chi connectivity index (χ3n) is 11.4. The van der Waals surface area contributed by atoms with Crippen molar-refractivity contribution in [2.45, 2.75) is 46.5 Å². The van der Waals surface area contributed by atoms with Gasteiger partial charge in [0.15, 0.2) is 0 Å². The van der Waals surface area contributed by atoms with Crippen LogP contribution in [0, 0.1) is 13.8 Å². The van der Waals surface area contributed by atoms with E-state index in [1.807, 2.05) is 31.2 Å². The van der Waals surface area contributed by atoms with Gasteiger partial charge in [0.1, 0.15) is 21.5 Å². The fourth-order valence-electron chi connectivity index (χ4n) is 7.78. The molecule has 0 fully saturated rings. The predicted octanol–water partition coefficient (Wildman–Crippen LogP) is 12.2. The van der Waals surface area contributed by atoms with E-state index < -0.39 is 43.3 Å². The zero-order valence-electron chi connectivity index (χ0n) is 40.9. The Balaban J connectivity index is 0.000000202. The fraction of sp³-hybridized carbons (Fsp3) is 0.115. The number of hydrogen-bond donors (Lipinski definition) is 5. The number of thiazole rings is 2. The zero-order chi connectivity index (χ0) is 56.5. The third-order valence-corrected chi connectivity index (χ3v) is 17.3. The Kier molecular flexibility index (Phi) is 20.2. The molecule has 0 unspecified atom stereocenters. The number of alkyl halides is 2. The lowest BCUT2D eigenvalue weighted by Gasteiger charge is -2.10. The monoisotopic (exact) mass is 1360 g/mol. The largest absolute Gasteiger partial charge is 0.508 e. The Morgan fingerprint density at radius 3 is 1.45 bits per heavy atom. The number of carbonyl (C=O) groups is 4. The molecule has 8 aromatic rings. The molecular weight excluding hydrogens is 1320 g/mol. The van der Waals surface area contributed by atoms with E-state index in [-0.39, 0.29) is 80.6 Å². The first-order valence-electron chi connectivity index (χ1n) is 22.7. The van der Waals surface area contributed by atoms with Crippen molar-refractivity contribution in [2.24, 2.45) is 0 Å². The minimum Gasteiger partial charge on any atom is -0.508 e. The van der Waals surface area contributed by atoms with Crippen LogP contribution >= 0.6 is 93.1 Å². The van der Waals surface area contributed by atoms with E-state index in [2.05, 4.69) is 78.5 Å². The summed E-state index contributed by atoms with van der Waals surface area (Å²) in [5.41, 5.74) is 4.25. The van der Waals surface area contributed by atoms with E-state index in [1.165, 1.54) is 83.3 Å². The van der Waals surface area contributed by atoms with Crippen molar-refractivity contribution in [3.8, 4) is 32.6 Å². The maximum absolute atomic E-state index is 13.1. The van der Waals surface area contributed by atoms with Crippen molar-refractivity contribution in [3.63, 3.8) is 0 Å². The number of ether oxygens (including phenoxy) is 1. The van der Waals surface area contributed by atoms with Crippen molar-refractivity contribution in [1.82, 2.24) is 20.6 Å². The highest BCUT2D eigenvalue weighted by Gasteiger charge is 2.33. The average Bonchev–Trinajstić information content (AvgIpc) is 4.15. The quantitative estimate of drug-likeness (QED) is 0.0670. The van der Waals surface area contributed by atoms with Gasteiger partial charge in [0.2, 0.25) is 19.7 Å². The molecule has 2 aromatic heterocycles. The molecule has 78 heavy (non-hydrogen) atoms. The summed E-state index contributed by atoms with van der Waals surface area (Å²) in [6, 6.07) is 31.3. The molecule has 0 aliphatic carbocycles. The second-order valence-corrected chi connectivity index (χ2v) is 29.7. The van der Waals surface area contributed by atoms with Gasteiger partial charge in [-0.05, 0) is 122 Å². The van der Waals surface area contributed by atoms with Crippen LogP contribution in [0.5, 0.6) is 11.5 Å². The summed E-state index contributed by atoms with van der Waals surface area (Å²) in [6.07, 6.45) is 3.38. The van der Waals surface area contributed by atoms with Crippen LogP contribution in [-0.4, -0.2) is 71.2 Å². The van der Waals surface area contributed by atoms with Crippen molar-refractivity contribution in [2.75, 3.05) is 23.1 Å². The molecule has 0 atom stereocenters. The number of aromatic hydroxyl groups is 1. The van der Waals surface area contributed by atoms with Crippen molar-refractivity contribution in [1.29, 1.82) is 0 Å². The maximum Gasteiger partial charge on any atom is 0.369 e. The molecule has 2 aliphatic rings. The van der Waals surface area contributed by atoms with Gasteiger partial charge in [0.05, 0.1) is 67.6 Å². The highest BCUT2D eigenvalue weighted by molar-refractivity contribution is 9.69. The van der Waals surface area contributed by atoms with E-state index in [4.69, 9.17) is 27.9 Å². The van der Waals surface area contributed by atoms with Gasteiger partial charge in [-0.1, -0.05) is 24.3 Å².